The Morgan fingerprint density at radius 1 is 1.14 bits per heavy atom. The molecule has 3 nitrogen and oxygen atoms in total. The van der Waals surface area contributed by atoms with Crippen LogP contribution < -0.4 is 5.32 Å². The van der Waals surface area contributed by atoms with Gasteiger partial charge in [0.1, 0.15) is 12.0 Å². The maximum atomic E-state index is 9.75. The molecule has 0 aromatic heterocycles. The van der Waals surface area contributed by atoms with Crippen LogP contribution in [0.4, 0.5) is 0 Å². The van der Waals surface area contributed by atoms with E-state index < -0.39 is 6.23 Å². The van der Waals surface area contributed by atoms with Crippen molar-refractivity contribution in [2.24, 2.45) is 0 Å². The quantitative estimate of drug-likeness (QED) is 0.630. The van der Waals surface area contributed by atoms with E-state index in [1.54, 1.807) is 24.3 Å². The van der Waals surface area contributed by atoms with Gasteiger partial charge in [-0.15, -0.1) is 0 Å². The molecule has 1 atom stereocenters. The van der Waals surface area contributed by atoms with E-state index in [0.29, 0.717) is 0 Å². The average molecular weight is 195 g/mol. The van der Waals surface area contributed by atoms with Crippen molar-refractivity contribution in [3.63, 3.8) is 0 Å². The second-order valence-electron chi connectivity index (χ2n) is 4.39. The molecule has 78 valence electrons. The topological polar surface area (TPSA) is 52.5 Å². The molecular formula is C11H17NO2. The van der Waals surface area contributed by atoms with E-state index in [9.17, 15) is 5.11 Å². The van der Waals surface area contributed by atoms with Crippen molar-refractivity contribution >= 4 is 0 Å². The van der Waals surface area contributed by atoms with Crippen molar-refractivity contribution in [3.8, 4) is 5.75 Å². The Bertz CT molecular complexity index is 287. The third-order valence-corrected chi connectivity index (χ3v) is 1.78. The summed E-state index contributed by atoms with van der Waals surface area (Å²) in [5.74, 6) is 0.205. The summed E-state index contributed by atoms with van der Waals surface area (Å²) in [4.78, 5) is 0. The van der Waals surface area contributed by atoms with Gasteiger partial charge in [0.05, 0.1) is 0 Å². The Morgan fingerprint density at radius 3 is 2.07 bits per heavy atom. The van der Waals surface area contributed by atoms with E-state index in [4.69, 9.17) is 5.11 Å². The highest BCUT2D eigenvalue weighted by molar-refractivity contribution is 5.27. The lowest BCUT2D eigenvalue weighted by molar-refractivity contribution is 0.107. The summed E-state index contributed by atoms with van der Waals surface area (Å²) in [6.07, 6.45) is -0.699. The van der Waals surface area contributed by atoms with Crippen LogP contribution in [0.2, 0.25) is 0 Å². The first-order valence-electron chi connectivity index (χ1n) is 4.63. The number of aliphatic hydroxyl groups excluding tert-OH is 1. The molecule has 0 fully saturated rings. The first-order valence-corrected chi connectivity index (χ1v) is 4.63. The number of benzene rings is 1. The van der Waals surface area contributed by atoms with Gasteiger partial charge in [-0.05, 0) is 38.5 Å². The number of hydrogen-bond acceptors (Lipinski definition) is 3. The van der Waals surface area contributed by atoms with E-state index in [2.05, 4.69) is 5.32 Å². The molecule has 1 aromatic carbocycles. The Morgan fingerprint density at radius 2 is 1.64 bits per heavy atom. The molecule has 0 bridgehead atoms. The number of phenolic OH excluding ortho intramolecular Hbond substituents is 1. The summed E-state index contributed by atoms with van der Waals surface area (Å²) in [5.41, 5.74) is 0.606. The Hall–Kier alpha value is -1.06. The predicted molar refractivity (Wildman–Crippen MR) is 56.0 cm³/mol. The van der Waals surface area contributed by atoms with E-state index in [0.717, 1.165) is 5.56 Å². The van der Waals surface area contributed by atoms with Gasteiger partial charge in [-0.2, -0.15) is 0 Å². The van der Waals surface area contributed by atoms with Crippen LogP contribution in [-0.4, -0.2) is 15.8 Å². The molecule has 1 unspecified atom stereocenters. The second-order valence-corrected chi connectivity index (χ2v) is 4.39. The van der Waals surface area contributed by atoms with Crippen molar-refractivity contribution in [2.75, 3.05) is 0 Å². The zero-order valence-corrected chi connectivity index (χ0v) is 8.78. The molecule has 14 heavy (non-hydrogen) atoms. The van der Waals surface area contributed by atoms with Crippen molar-refractivity contribution < 1.29 is 10.2 Å². The van der Waals surface area contributed by atoms with Crippen LogP contribution in [0.3, 0.4) is 0 Å². The van der Waals surface area contributed by atoms with E-state index in [1.165, 1.54) is 0 Å². The van der Waals surface area contributed by atoms with Crippen LogP contribution in [0.5, 0.6) is 5.75 Å². The SMILES string of the molecule is CC(C)(C)NC(O)c1ccc(O)cc1. The fraction of sp³-hybridized carbons (Fsp3) is 0.455. The molecule has 0 radical (unpaired) electrons. The third-order valence-electron chi connectivity index (χ3n) is 1.78. The molecule has 0 saturated carbocycles. The summed E-state index contributed by atoms with van der Waals surface area (Å²) in [6.45, 7) is 5.95. The highest BCUT2D eigenvalue weighted by atomic mass is 16.3. The molecule has 0 saturated heterocycles. The van der Waals surface area contributed by atoms with Crippen LogP contribution in [0, 0.1) is 0 Å². The first kappa shape index (κ1) is 11.0. The number of nitrogens with one attached hydrogen (secondary N) is 1. The first-order chi connectivity index (χ1) is 6.38. The van der Waals surface area contributed by atoms with Gasteiger partial charge in [-0.25, -0.2) is 0 Å². The van der Waals surface area contributed by atoms with Crippen molar-refractivity contribution in [1.82, 2.24) is 5.32 Å². The minimum absolute atomic E-state index is 0.142. The zero-order valence-electron chi connectivity index (χ0n) is 8.78. The van der Waals surface area contributed by atoms with Gasteiger partial charge in [0.25, 0.3) is 0 Å². The van der Waals surface area contributed by atoms with Gasteiger partial charge in [0, 0.05) is 5.54 Å². The molecule has 1 rings (SSSR count). The highest BCUT2D eigenvalue weighted by Gasteiger charge is 2.15. The standard InChI is InChI=1S/C11H17NO2/c1-11(2,3)12-10(14)8-4-6-9(13)7-5-8/h4-7,10,12-14H,1-3H3. The summed E-state index contributed by atoms with van der Waals surface area (Å²) in [6, 6.07) is 6.50. The zero-order chi connectivity index (χ0) is 10.8. The van der Waals surface area contributed by atoms with E-state index in [-0.39, 0.29) is 11.3 Å². The van der Waals surface area contributed by atoms with Crippen molar-refractivity contribution in [3.05, 3.63) is 29.8 Å². The summed E-state index contributed by atoms with van der Waals surface area (Å²) >= 11 is 0. The van der Waals surface area contributed by atoms with Crippen LogP contribution in [-0.2, 0) is 0 Å². The molecule has 3 heteroatoms. The lowest BCUT2D eigenvalue weighted by atomic mass is 10.1. The van der Waals surface area contributed by atoms with Crippen LogP contribution in [0.1, 0.15) is 32.6 Å². The molecular weight excluding hydrogens is 178 g/mol. The Labute approximate surface area is 84.4 Å². The van der Waals surface area contributed by atoms with Gasteiger partial charge < -0.3 is 10.2 Å². The molecule has 0 aliphatic heterocycles. The van der Waals surface area contributed by atoms with Gasteiger partial charge in [0.15, 0.2) is 0 Å². The lowest BCUT2D eigenvalue weighted by Gasteiger charge is -2.25. The maximum Gasteiger partial charge on any atom is 0.131 e. The fourth-order valence-corrected chi connectivity index (χ4v) is 1.15. The highest BCUT2D eigenvalue weighted by Crippen LogP contribution is 2.17. The number of aromatic hydroxyl groups is 1. The molecule has 0 heterocycles. The maximum absolute atomic E-state index is 9.75. The van der Waals surface area contributed by atoms with Crippen molar-refractivity contribution in [2.45, 2.75) is 32.5 Å². The van der Waals surface area contributed by atoms with E-state index in [1.807, 2.05) is 20.8 Å². The summed E-state index contributed by atoms with van der Waals surface area (Å²) in [5, 5.41) is 21.9. The third kappa shape index (κ3) is 3.36. The Balaban J connectivity index is 2.70. The fourth-order valence-electron chi connectivity index (χ4n) is 1.15. The molecule has 0 aliphatic rings. The van der Waals surface area contributed by atoms with Gasteiger partial charge >= 0.3 is 0 Å². The molecule has 0 amide bonds. The molecule has 3 N–H and O–H groups in total. The van der Waals surface area contributed by atoms with E-state index >= 15 is 0 Å². The second kappa shape index (κ2) is 3.98. The molecule has 0 spiro atoms. The number of aliphatic hydroxyl groups is 1. The summed E-state index contributed by atoms with van der Waals surface area (Å²) < 4.78 is 0. The van der Waals surface area contributed by atoms with Gasteiger partial charge in [-0.3, -0.25) is 5.32 Å². The molecule has 1 aromatic rings. The minimum Gasteiger partial charge on any atom is -0.508 e. The number of hydrogen-bond donors (Lipinski definition) is 3. The monoisotopic (exact) mass is 195 g/mol. The lowest BCUT2D eigenvalue weighted by Crippen LogP contribution is -2.38. The van der Waals surface area contributed by atoms with Crippen LogP contribution >= 0.6 is 0 Å². The normalized spacial score (nSPS) is 14.0. The summed E-state index contributed by atoms with van der Waals surface area (Å²) in [7, 11) is 0. The number of rotatable bonds is 2. The molecule has 0 aliphatic carbocycles. The predicted octanol–water partition coefficient (Wildman–Crippen LogP) is 1.77. The largest absolute Gasteiger partial charge is 0.508 e. The minimum atomic E-state index is -0.699. The van der Waals surface area contributed by atoms with Crippen molar-refractivity contribution in [1.29, 1.82) is 0 Å². The average Bonchev–Trinajstić information content (AvgIpc) is 2.02. The number of phenols is 1. The Kier molecular flexibility index (Phi) is 3.13. The van der Waals surface area contributed by atoms with Gasteiger partial charge in [0.2, 0.25) is 0 Å². The van der Waals surface area contributed by atoms with Gasteiger partial charge in [-0.1, -0.05) is 12.1 Å². The van der Waals surface area contributed by atoms with Crippen LogP contribution in [0.15, 0.2) is 24.3 Å². The smallest absolute Gasteiger partial charge is 0.131 e. The van der Waals surface area contributed by atoms with Crippen LogP contribution in [0.25, 0.3) is 0 Å².